The number of hydrogen-bond donors (Lipinski definition) is 3. The third kappa shape index (κ3) is 10.6. The summed E-state index contributed by atoms with van der Waals surface area (Å²) in [7, 11) is 1.31. The lowest BCUT2D eigenvalue weighted by Crippen LogP contribution is -2.47. The van der Waals surface area contributed by atoms with Gasteiger partial charge in [-0.1, -0.05) is 182 Å². The molecule has 1 aliphatic rings. The minimum atomic E-state index is -0.841. The highest BCUT2D eigenvalue weighted by molar-refractivity contribution is 7.99. The lowest BCUT2D eigenvalue weighted by atomic mass is 9.91. The lowest BCUT2D eigenvalue weighted by Gasteiger charge is -2.41. The van der Waals surface area contributed by atoms with Crippen LogP contribution in [0.5, 0.6) is 0 Å². The number of urea groups is 1. The summed E-state index contributed by atoms with van der Waals surface area (Å²) in [6.07, 6.45) is -0.907. The zero-order valence-corrected chi connectivity index (χ0v) is 35.9. The molecular formula is C52H49N3O7S. The van der Waals surface area contributed by atoms with Crippen LogP contribution in [-0.2, 0) is 38.6 Å². The number of nitrogens with one attached hydrogen (secondary N) is 2. The van der Waals surface area contributed by atoms with Crippen molar-refractivity contribution in [3.8, 4) is 33.7 Å². The molecule has 63 heavy (non-hydrogen) atoms. The Kier molecular flexibility index (Phi) is 14.1. The molecule has 6 aromatic carbocycles. The molecule has 7 aromatic rings. The number of oxazole rings is 1. The topological polar surface area (TPSA) is 132 Å². The number of rotatable bonds is 15. The summed E-state index contributed by atoms with van der Waals surface area (Å²) in [5.74, 6) is 0.725. The van der Waals surface area contributed by atoms with Crippen molar-refractivity contribution in [2.24, 2.45) is 5.92 Å². The molecule has 0 unspecified atom stereocenters. The molecule has 320 valence electrons. The fourth-order valence-corrected chi connectivity index (χ4v) is 8.74. The second kappa shape index (κ2) is 20.6. The Labute approximate surface area is 371 Å². The first kappa shape index (κ1) is 43.2. The zero-order valence-electron chi connectivity index (χ0n) is 35.1. The molecule has 0 aliphatic carbocycles. The Morgan fingerprint density at radius 3 is 2.05 bits per heavy atom. The van der Waals surface area contributed by atoms with Gasteiger partial charge in [0, 0.05) is 41.3 Å². The molecule has 8 rings (SSSR count). The van der Waals surface area contributed by atoms with Crippen LogP contribution in [-0.4, -0.2) is 47.1 Å². The molecule has 1 fully saturated rings. The first-order valence-corrected chi connectivity index (χ1v) is 21.9. The third-order valence-corrected chi connectivity index (χ3v) is 12.1. The molecule has 0 spiro atoms. The van der Waals surface area contributed by atoms with E-state index in [0.717, 1.165) is 61.5 Å². The van der Waals surface area contributed by atoms with Gasteiger partial charge in [-0.2, -0.15) is 0 Å². The molecule has 1 aliphatic heterocycles. The highest BCUT2D eigenvalue weighted by Gasteiger charge is 2.39. The Morgan fingerprint density at radius 1 is 0.730 bits per heavy atom. The predicted octanol–water partition coefficient (Wildman–Crippen LogP) is 10.3. The summed E-state index contributed by atoms with van der Waals surface area (Å²) < 4.78 is 25.0. The van der Waals surface area contributed by atoms with Gasteiger partial charge in [-0.25, -0.2) is 14.6 Å². The van der Waals surface area contributed by atoms with Crippen LogP contribution in [0, 0.1) is 5.92 Å². The minimum absolute atomic E-state index is 0.0389. The summed E-state index contributed by atoms with van der Waals surface area (Å²) in [6.45, 7) is 2.33. The van der Waals surface area contributed by atoms with Crippen molar-refractivity contribution in [2.45, 2.75) is 56.3 Å². The molecule has 1 saturated heterocycles. The van der Waals surface area contributed by atoms with Gasteiger partial charge in [-0.05, 0) is 33.4 Å². The number of hydrogen-bond acceptors (Lipinski definition) is 9. The number of aromatic nitrogens is 1. The molecule has 2 heterocycles. The van der Waals surface area contributed by atoms with Crippen LogP contribution in [0.3, 0.4) is 0 Å². The number of amides is 2. The molecule has 0 bridgehead atoms. The van der Waals surface area contributed by atoms with Gasteiger partial charge >= 0.3 is 12.0 Å². The summed E-state index contributed by atoms with van der Waals surface area (Å²) in [5.41, 5.74) is 9.11. The van der Waals surface area contributed by atoms with Crippen LogP contribution in [0.2, 0.25) is 0 Å². The van der Waals surface area contributed by atoms with Crippen molar-refractivity contribution >= 4 is 23.8 Å². The van der Waals surface area contributed by atoms with E-state index < -0.39 is 24.3 Å². The van der Waals surface area contributed by atoms with Crippen LogP contribution in [0.15, 0.2) is 173 Å². The SMILES string of the molecule is COC(=O)[C@H](Cc1ccccc1)NC(=O)NCc1ccccc1-c1ccc([C@H]2O[C@@H](CSc3nc(-c4ccccc4)c(-c4ccccc4)o3)[C@@H](C)[C@@H](c3ccc(CO)cc3)O2)cc1. The van der Waals surface area contributed by atoms with Crippen molar-refractivity contribution in [3.05, 3.63) is 192 Å². The lowest BCUT2D eigenvalue weighted by molar-refractivity contribution is -0.268. The van der Waals surface area contributed by atoms with E-state index in [1.54, 1.807) is 0 Å². The van der Waals surface area contributed by atoms with Crippen LogP contribution in [0.4, 0.5) is 4.79 Å². The predicted molar refractivity (Wildman–Crippen MR) is 244 cm³/mol. The van der Waals surface area contributed by atoms with Crippen LogP contribution in [0.1, 0.15) is 47.1 Å². The van der Waals surface area contributed by atoms with Gasteiger partial charge in [0.1, 0.15) is 11.7 Å². The van der Waals surface area contributed by atoms with Crippen molar-refractivity contribution in [2.75, 3.05) is 12.9 Å². The number of methoxy groups -OCH3 is 1. The van der Waals surface area contributed by atoms with E-state index in [2.05, 4.69) is 17.6 Å². The van der Waals surface area contributed by atoms with E-state index >= 15 is 0 Å². The van der Waals surface area contributed by atoms with Crippen LogP contribution in [0.25, 0.3) is 33.7 Å². The van der Waals surface area contributed by atoms with Crippen LogP contribution < -0.4 is 10.6 Å². The zero-order chi connectivity index (χ0) is 43.5. The average molecular weight is 860 g/mol. The van der Waals surface area contributed by atoms with E-state index in [-0.39, 0.29) is 31.3 Å². The summed E-state index contributed by atoms with van der Waals surface area (Å²) in [5, 5.41) is 16.0. The van der Waals surface area contributed by atoms with Crippen molar-refractivity contribution in [1.82, 2.24) is 15.6 Å². The molecule has 10 nitrogen and oxygen atoms in total. The molecule has 3 N–H and O–H groups in total. The summed E-state index contributed by atoms with van der Waals surface area (Å²) in [6, 6.07) is 52.1. The third-order valence-electron chi connectivity index (χ3n) is 11.2. The maximum Gasteiger partial charge on any atom is 0.328 e. The van der Waals surface area contributed by atoms with E-state index in [9.17, 15) is 14.7 Å². The number of aliphatic hydroxyl groups excluding tert-OH is 1. The number of thioether (sulfide) groups is 1. The minimum Gasteiger partial charge on any atom is -0.467 e. The number of aliphatic hydroxyl groups is 1. The van der Waals surface area contributed by atoms with Gasteiger partial charge in [-0.15, -0.1) is 0 Å². The van der Waals surface area contributed by atoms with Crippen molar-refractivity contribution in [3.63, 3.8) is 0 Å². The smallest absolute Gasteiger partial charge is 0.328 e. The number of ether oxygens (including phenoxy) is 3. The Morgan fingerprint density at radius 2 is 1.37 bits per heavy atom. The molecule has 5 atom stereocenters. The Hall–Kier alpha value is -6.50. The van der Waals surface area contributed by atoms with Crippen molar-refractivity contribution in [1.29, 1.82) is 0 Å². The van der Waals surface area contributed by atoms with Gasteiger partial charge in [0.15, 0.2) is 12.1 Å². The molecular weight excluding hydrogens is 811 g/mol. The molecule has 0 saturated carbocycles. The maximum absolute atomic E-state index is 13.1. The molecule has 0 radical (unpaired) electrons. The fourth-order valence-electron chi connectivity index (χ4n) is 7.75. The Bertz CT molecular complexity index is 2510. The highest BCUT2D eigenvalue weighted by atomic mass is 32.2. The van der Waals surface area contributed by atoms with Crippen LogP contribution >= 0.6 is 11.8 Å². The van der Waals surface area contributed by atoms with Crippen molar-refractivity contribution < 1.29 is 33.3 Å². The second-order valence-corrected chi connectivity index (χ2v) is 16.4. The van der Waals surface area contributed by atoms with Gasteiger partial charge < -0.3 is 34.4 Å². The van der Waals surface area contributed by atoms with Gasteiger partial charge in [-0.3, -0.25) is 0 Å². The van der Waals surface area contributed by atoms with Gasteiger partial charge in [0.25, 0.3) is 5.22 Å². The van der Waals surface area contributed by atoms with E-state index in [0.29, 0.717) is 17.4 Å². The number of nitrogens with zero attached hydrogens (tertiary/aromatic N) is 1. The molecule has 1 aromatic heterocycles. The van der Waals surface area contributed by atoms with E-state index in [4.69, 9.17) is 23.6 Å². The van der Waals surface area contributed by atoms with E-state index in [1.165, 1.54) is 18.9 Å². The Balaban J connectivity index is 0.991. The number of benzene rings is 6. The normalized spacial score (nSPS) is 17.7. The van der Waals surface area contributed by atoms with E-state index in [1.807, 2.05) is 164 Å². The quantitative estimate of drug-likeness (QED) is 0.0681. The monoisotopic (exact) mass is 859 g/mol. The van der Waals surface area contributed by atoms with Gasteiger partial charge in [0.05, 0.1) is 25.9 Å². The fraction of sp³-hybridized carbons (Fsp3) is 0.212. The summed E-state index contributed by atoms with van der Waals surface area (Å²) in [4.78, 5) is 30.6. The average Bonchev–Trinajstić information content (AvgIpc) is 3.78. The largest absolute Gasteiger partial charge is 0.467 e. The number of carbonyl (C=O) groups is 2. The molecule has 11 heteroatoms. The number of esters is 1. The first-order chi connectivity index (χ1) is 30.9. The second-order valence-electron chi connectivity index (χ2n) is 15.4. The first-order valence-electron chi connectivity index (χ1n) is 21.0. The van der Waals surface area contributed by atoms with Gasteiger partial charge in [0.2, 0.25) is 0 Å². The summed E-state index contributed by atoms with van der Waals surface area (Å²) >= 11 is 1.52. The maximum atomic E-state index is 13.1. The highest BCUT2D eigenvalue weighted by Crippen LogP contribution is 2.44. The number of carbonyl (C=O) groups excluding carboxylic acids is 2. The standard InChI is InChI=1S/C52H49N3O7S/c1-34-45(33-63-52-55-46(38-16-8-4-9-17-38)48(62-52)39-18-10-5-11-19-39)60-50(61-47(34)40-24-22-36(32-56)23-25-40)41-28-26-37(27-29-41)43-21-13-12-20-42(43)31-53-51(58)54-44(49(57)59-2)30-35-14-6-3-7-15-35/h3-29,34,44-45,47,50,56H,30-33H2,1-2H3,(H2,53,54,58)/t34-,44+,45+,47+,50+/m1/s1. The molecule has 2 amide bonds.